The number of hydrogen-bond donors (Lipinski definition) is 3. The van der Waals surface area contributed by atoms with E-state index in [1.165, 1.54) is 10.8 Å². The third kappa shape index (κ3) is 6.36. The standard InChI is InChI=1S/C10H13BrN2O3S2/c11-7-5-8(13-6-7)10(16)12-2-4-18-17-3-1-9(14)15/h5-6,13H,1-4H2,(H,12,16)(H,14,15). The maximum absolute atomic E-state index is 11.6. The fourth-order valence-electron chi connectivity index (χ4n) is 1.05. The second-order valence-corrected chi connectivity index (χ2v) is 6.89. The highest BCUT2D eigenvalue weighted by Crippen LogP contribution is 2.21. The summed E-state index contributed by atoms with van der Waals surface area (Å²) >= 11 is 3.26. The number of carboxylic acid groups (broad SMARTS) is 1. The van der Waals surface area contributed by atoms with Crippen molar-refractivity contribution in [1.29, 1.82) is 0 Å². The number of hydrogen-bond acceptors (Lipinski definition) is 4. The molecule has 3 N–H and O–H groups in total. The van der Waals surface area contributed by atoms with Gasteiger partial charge in [0, 0.05) is 28.7 Å². The number of halogens is 1. The monoisotopic (exact) mass is 352 g/mol. The van der Waals surface area contributed by atoms with E-state index < -0.39 is 5.97 Å². The molecular weight excluding hydrogens is 340 g/mol. The summed E-state index contributed by atoms with van der Waals surface area (Å²) in [4.78, 5) is 24.7. The van der Waals surface area contributed by atoms with Crippen LogP contribution in [0.3, 0.4) is 0 Å². The summed E-state index contributed by atoms with van der Waals surface area (Å²) in [6, 6.07) is 1.71. The molecule has 1 aromatic heterocycles. The van der Waals surface area contributed by atoms with Crippen molar-refractivity contribution in [3.8, 4) is 0 Å². The number of carbonyl (C=O) groups excluding carboxylic acids is 1. The molecule has 0 aliphatic heterocycles. The molecule has 0 fully saturated rings. The van der Waals surface area contributed by atoms with Crippen LogP contribution in [0.2, 0.25) is 0 Å². The molecule has 0 aromatic carbocycles. The van der Waals surface area contributed by atoms with Crippen molar-refractivity contribution >= 4 is 49.4 Å². The van der Waals surface area contributed by atoms with E-state index in [1.807, 2.05) is 0 Å². The first-order valence-electron chi connectivity index (χ1n) is 5.18. The van der Waals surface area contributed by atoms with E-state index in [9.17, 15) is 9.59 Å². The average molecular weight is 353 g/mol. The molecule has 0 spiro atoms. The van der Waals surface area contributed by atoms with Crippen molar-refractivity contribution in [3.05, 3.63) is 22.4 Å². The van der Waals surface area contributed by atoms with Crippen LogP contribution in [0.25, 0.3) is 0 Å². The zero-order valence-corrected chi connectivity index (χ0v) is 12.7. The molecule has 0 unspecified atom stereocenters. The number of aliphatic carboxylic acids is 1. The maximum Gasteiger partial charge on any atom is 0.304 e. The summed E-state index contributed by atoms with van der Waals surface area (Å²) in [7, 11) is 3.06. The van der Waals surface area contributed by atoms with Gasteiger partial charge in [-0.05, 0) is 22.0 Å². The number of amides is 1. The topological polar surface area (TPSA) is 82.2 Å². The lowest BCUT2D eigenvalue weighted by Crippen LogP contribution is -2.25. The fraction of sp³-hybridized carbons (Fsp3) is 0.400. The Balaban J connectivity index is 2.04. The Bertz CT molecular complexity index is 412. The summed E-state index contributed by atoms with van der Waals surface area (Å²) in [5, 5.41) is 11.2. The van der Waals surface area contributed by atoms with Crippen molar-refractivity contribution in [1.82, 2.24) is 10.3 Å². The number of H-pyrrole nitrogens is 1. The molecule has 0 atom stereocenters. The Morgan fingerprint density at radius 1 is 1.39 bits per heavy atom. The predicted octanol–water partition coefficient (Wildman–Crippen LogP) is 2.36. The molecule has 8 heteroatoms. The molecule has 0 saturated heterocycles. The van der Waals surface area contributed by atoms with Gasteiger partial charge >= 0.3 is 5.97 Å². The lowest BCUT2D eigenvalue weighted by Gasteiger charge is -2.02. The number of nitrogens with one attached hydrogen (secondary N) is 2. The van der Waals surface area contributed by atoms with E-state index in [0.29, 0.717) is 18.0 Å². The second-order valence-electron chi connectivity index (χ2n) is 3.28. The Hall–Kier alpha value is -0.600. The van der Waals surface area contributed by atoms with E-state index in [1.54, 1.807) is 23.1 Å². The third-order valence-electron chi connectivity index (χ3n) is 1.85. The van der Waals surface area contributed by atoms with Gasteiger partial charge in [0.2, 0.25) is 0 Å². The van der Waals surface area contributed by atoms with Gasteiger partial charge in [-0.3, -0.25) is 9.59 Å². The van der Waals surface area contributed by atoms with Crippen molar-refractivity contribution in [2.45, 2.75) is 6.42 Å². The fourth-order valence-corrected chi connectivity index (χ4v) is 3.28. The lowest BCUT2D eigenvalue weighted by molar-refractivity contribution is -0.136. The van der Waals surface area contributed by atoms with Crippen molar-refractivity contribution < 1.29 is 14.7 Å². The molecule has 0 aliphatic carbocycles. The highest BCUT2D eigenvalue weighted by Gasteiger charge is 2.06. The second kappa shape index (κ2) is 8.49. The van der Waals surface area contributed by atoms with Crippen LogP contribution in [0, 0.1) is 0 Å². The van der Waals surface area contributed by atoms with Gasteiger partial charge in [-0.1, -0.05) is 21.6 Å². The number of carboxylic acids is 1. The minimum Gasteiger partial charge on any atom is -0.481 e. The highest BCUT2D eigenvalue weighted by atomic mass is 79.9. The first-order chi connectivity index (χ1) is 8.59. The molecule has 1 aromatic rings. The molecule has 0 saturated carbocycles. The SMILES string of the molecule is O=C(O)CCSSCCNC(=O)c1cc(Br)c[nH]1. The molecule has 18 heavy (non-hydrogen) atoms. The van der Waals surface area contributed by atoms with E-state index in [0.717, 1.165) is 10.2 Å². The number of rotatable bonds is 8. The number of aromatic amines is 1. The molecule has 5 nitrogen and oxygen atoms in total. The van der Waals surface area contributed by atoms with Gasteiger partial charge in [-0.25, -0.2) is 0 Å². The highest BCUT2D eigenvalue weighted by molar-refractivity contribution is 9.10. The number of aromatic nitrogens is 1. The van der Waals surface area contributed by atoms with Crippen LogP contribution < -0.4 is 5.32 Å². The average Bonchev–Trinajstić information content (AvgIpc) is 2.74. The van der Waals surface area contributed by atoms with Crippen molar-refractivity contribution in [2.75, 3.05) is 18.1 Å². The van der Waals surface area contributed by atoms with Crippen molar-refractivity contribution in [2.24, 2.45) is 0 Å². The van der Waals surface area contributed by atoms with Gasteiger partial charge in [0.1, 0.15) is 5.69 Å². The molecule has 1 heterocycles. The minimum atomic E-state index is -0.784. The van der Waals surface area contributed by atoms with E-state index in [-0.39, 0.29) is 12.3 Å². The van der Waals surface area contributed by atoms with E-state index >= 15 is 0 Å². The normalized spacial score (nSPS) is 10.3. The molecule has 1 rings (SSSR count). The van der Waals surface area contributed by atoms with Gasteiger partial charge in [-0.15, -0.1) is 0 Å². The first kappa shape index (κ1) is 15.5. The molecule has 0 bridgehead atoms. The summed E-state index contributed by atoms with van der Waals surface area (Å²) in [5.74, 6) is 0.403. The first-order valence-corrected chi connectivity index (χ1v) is 8.46. The lowest BCUT2D eigenvalue weighted by atomic mass is 10.4. The summed E-state index contributed by atoms with van der Waals surface area (Å²) < 4.78 is 0.839. The molecule has 100 valence electrons. The largest absolute Gasteiger partial charge is 0.481 e. The number of carbonyl (C=O) groups is 2. The Morgan fingerprint density at radius 2 is 2.11 bits per heavy atom. The minimum absolute atomic E-state index is 0.142. The Morgan fingerprint density at radius 3 is 2.72 bits per heavy atom. The maximum atomic E-state index is 11.6. The van der Waals surface area contributed by atoms with Crippen LogP contribution in [-0.2, 0) is 4.79 Å². The molecule has 0 radical (unpaired) electrons. The van der Waals surface area contributed by atoms with Crippen LogP contribution in [0.1, 0.15) is 16.9 Å². The van der Waals surface area contributed by atoms with Crippen LogP contribution >= 0.6 is 37.5 Å². The van der Waals surface area contributed by atoms with Crippen LogP contribution in [0.4, 0.5) is 0 Å². The molecular formula is C10H13BrN2O3S2. The summed E-state index contributed by atoms with van der Waals surface area (Å²) in [6.45, 7) is 0.556. The molecule has 1 amide bonds. The Kier molecular flexibility index (Phi) is 7.29. The van der Waals surface area contributed by atoms with Gasteiger partial charge in [0.15, 0.2) is 0 Å². The van der Waals surface area contributed by atoms with Gasteiger partial charge in [0.25, 0.3) is 5.91 Å². The van der Waals surface area contributed by atoms with Crippen LogP contribution in [-0.4, -0.2) is 40.0 Å². The van der Waals surface area contributed by atoms with E-state index in [4.69, 9.17) is 5.11 Å². The van der Waals surface area contributed by atoms with Gasteiger partial charge < -0.3 is 15.4 Å². The van der Waals surface area contributed by atoms with Crippen LogP contribution in [0.5, 0.6) is 0 Å². The zero-order chi connectivity index (χ0) is 13.4. The quantitative estimate of drug-likeness (QED) is 0.494. The van der Waals surface area contributed by atoms with Crippen LogP contribution in [0.15, 0.2) is 16.7 Å². The molecule has 0 aliphatic rings. The summed E-state index contributed by atoms with van der Waals surface area (Å²) in [6.07, 6.45) is 1.87. The van der Waals surface area contributed by atoms with Gasteiger partial charge in [-0.2, -0.15) is 0 Å². The van der Waals surface area contributed by atoms with Crippen molar-refractivity contribution in [3.63, 3.8) is 0 Å². The predicted molar refractivity (Wildman–Crippen MR) is 78.0 cm³/mol. The van der Waals surface area contributed by atoms with Gasteiger partial charge in [0.05, 0.1) is 6.42 Å². The smallest absolute Gasteiger partial charge is 0.304 e. The van der Waals surface area contributed by atoms with E-state index in [2.05, 4.69) is 26.2 Å². The summed E-state index contributed by atoms with van der Waals surface area (Å²) in [5.41, 5.74) is 0.519. The zero-order valence-electron chi connectivity index (χ0n) is 9.44. The third-order valence-corrected chi connectivity index (χ3v) is 4.71. The Labute approximate surface area is 121 Å².